The number of hydrogen-bond donors (Lipinski definition) is 0. The summed E-state index contributed by atoms with van der Waals surface area (Å²) in [5, 5.41) is 0. The first kappa shape index (κ1) is 29.3. The zero-order chi connectivity index (χ0) is 22.1. The maximum Gasteiger partial charge on any atom is 0.222 e. The van der Waals surface area contributed by atoms with Crippen molar-refractivity contribution in [3.05, 3.63) is 0 Å². The largest absolute Gasteiger partial charge is 0.222 e. The van der Waals surface area contributed by atoms with Crippen molar-refractivity contribution in [3.8, 4) is 0 Å². The molecule has 0 saturated carbocycles. The van der Waals surface area contributed by atoms with Gasteiger partial charge in [-0.15, -0.1) is 0 Å². The monoisotopic (exact) mass is 430 g/mol. The van der Waals surface area contributed by atoms with Gasteiger partial charge in [-0.1, -0.05) is 97.3 Å². The lowest BCUT2D eigenvalue weighted by Crippen LogP contribution is -2.39. The van der Waals surface area contributed by atoms with E-state index in [1.807, 2.05) is 0 Å². The Balaban J connectivity index is 4.17. The van der Waals surface area contributed by atoms with Crippen LogP contribution in [0.5, 0.6) is 0 Å². The van der Waals surface area contributed by atoms with Gasteiger partial charge in [0.05, 0.1) is 6.66 Å². The molecule has 0 fully saturated rings. The van der Waals surface area contributed by atoms with Crippen molar-refractivity contribution in [3.63, 3.8) is 0 Å². The summed E-state index contributed by atoms with van der Waals surface area (Å²) in [6.07, 6.45) is 21.4. The lowest BCUT2D eigenvalue weighted by molar-refractivity contribution is 0.317. The van der Waals surface area contributed by atoms with Crippen LogP contribution in [-0.4, -0.2) is 62.5 Å². The molecule has 29 heavy (non-hydrogen) atoms. The summed E-state index contributed by atoms with van der Waals surface area (Å²) in [7, 11) is 9.98. The van der Waals surface area contributed by atoms with E-state index in [2.05, 4.69) is 69.8 Å². The van der Waals surface area contributed by atoms with Crippen LogP contribution >= 0.6 is 7.71 Å². The Morgan fingerprint density at radius 2 is 0.931 bits per heavy atom. The summed E-state index contributed by atoms with van der Waals surface area (Å²) >= 11 is 0. The summed E-state index contributed by atoms with van der Waals surface area (Å²) in [6.45, 7) is 8.33. The van der Waals surface area contributed by atoms with E-state index in [0.717, 1.165) is 5.92 Å². The average Bonchev–Trinajstić information content (AvgIpc) is 2.68. The van der Waals surface area contributed by atoms with E-state index in [4.69, 9.17) is 0 Å². The molecule has 0 aromatic rings. The SMILES string of the molecule is CCCCCCCCCCCCCC(CCCC)CN(C)[P+](C)(N(C)C)N(C)C. The van der Waals surface area contributed by atoms with E-state index in [-0.39, 0.29) is 0 Å². The van der Waals surface area contributed by atoms with Crippen molar-refractivity contribution in [1.82, 2.24) is 14.0 Å². The number of unbranched alkanes of at least 4 members (excludes halogenated alkanes) is 11. The second kappa shape index (κ2) is 17.9. The second-order valence-electron chi connectivity index (χ2n) is 9.74. The minimum absolute atomic E-state index is 0.859. The predicted octanol–water partition coefficient (Wildman–Crippen LogP) is 7.94. The molecule has 0 aliphatic heterocycles. The van der Waals surface area contributed by atoms with Gasteiger partial charge in [-0.2, -0.15) is 14.0 Å². The minimum atomic E-state index is -1.36. The molecule has 0 N–H and O–H groups in total. The Kier molecular flexibility index (Phi) is 18.1. The van der Waals surface area contributed by atoms with E-state index in [1.54, 1.807) is 0 Å². The Morgan fingerprint density at radius 1 is 0.552 bits per heavy atom. The predicted molar refractivity (Wildman–Crippen MR) is 137 cm³/mol. The van der Waals surface area contributed by atoms with Crippen LogP contribution in [-0.2, 0) is 0 Å². The Morgan fingerprint density at radius 3 is 1.34 bits per heavy atom. The van der Waals surface area contributed by atoms with Crippen molar-refractivity contribution in [1.29, 1.82) is 0 Å². The second-order valence-corrected chi connectivity index (χ2v) is 13.8. The summed E-state index contributed by atoms with van der Waals surface area (Å²) in [5.41, 5.74) is 0. The van der Waals surface area contributed by atoms with Crippen LogP contribution in [0.15, 0.2) is 0 Å². The molecule has 0 aliphatic rings. The summed E-state index contributed by atoms with van der Waals surface area (Å²) in [4.78, 5) is 0. The summed E-state index contributed by atoms with van der Waals surface area (Å²) in [5.74, 6) is 0.859. The lowest BCUT2D eigenvalue weighted by Gasteiger charge is -2.40. The molecule has 0 amide bonds. The highest BCUT2D eigenvalue weighted by molar-refractivity contribution is 7.68. The van der Waals surface area contributed by atoms with Gasteiger partial charge in [-0.05, 0) is 18.8 Å². The molecule has 3 nitrogen and oxygen atoms in total. The van der Waals surface area contributed by atoms with Crippen LogP contribution in [0.2, 0.25) is 0 Å². The van der Waals surface area contributed by atoms with Gasteiger partial charge in [0.2, 0.25) is 7.71 Å². The first-order valence-corrected chi connectivity index (χ1v) is 14.8. The highest BCUT2D eigenvalue weighted by atomic mass is 31.2. The molecule has 0 bridgehead atoms. The maximum absolute atomic E-state index is 2.67. The minimum Gasteiger partial charge on any atom is -0.155 e. The van der Waals surface area contributed by atoms with E-state index in [0.29, 0.717) is 0 Å². The molecule has 1 unspecified atom stereocenters. The van der Waals surface area contributed by atoms with Crippen molar-refractivity contribution < 1.29 is 0 Å². The number of rotatable bonds is 20. The fourth-order valence-corrected chi connectivity index (χ4v) is 6.89. The molecule has 0 aromatic heterocycles. The van der Waals surface area contributed by atoms with Gasteiger partial charge in [0.25, 0.3) is 0 Å². The highest BCUT2D eigenvalue weighted by Gasteiger charge is 2.44. The fraction of sp³-hybridized carbons (Fsp3) is 1.00. The molecule has 1 atom stereocenters. The molecule has 0 radical (unpaired) electrons. The van der Waals surface area contributed by atoms with Crippen LogP contribution in [0.4, 0.5) is 0 Å². The van der Waals surface area contributed by atoms with Crippen LogP contribution in [0.1, 0.15) is 110 Å². The Hall–Kier alpha value is 0.310. The molecule has 0 spiro atoms. The van der Waals surface area contributed by atoms with Crippen molar-refractivity contribution in [2.24, 2.45) is 5.92 Å². The van der Waals surface area contributed by atoms with Gasteiger partial charge in [0.15, 0.2) is 0 Å². The van der Waals surface area contributed by atoms with E-state index < -0.39 is 7.71 Å². The van der Waals surface area contributed by atoms with Gasteiger partial charge >= 0.3 is 0 Å². The molecule has 0 rings (SSSR count). The van der Waals surface area contributed by atoms with Gasteiger partial charge in [-0.25, -0.2) is 0 Å². The van der Waals surface area contributed by atoms with Crippen LogP contribution < -0.4 is 0 Å². The number of nitrogens with zero attached hydrogens (tertiary/aromatic N) is 3. The summed E-state index contributed by atoms with van der Waals surface area (Å²) in [6, 6.07) is 0. The molecule has 0 heterocycles. The van der Waals surface area contributed by atoms with Gasteiger partial charge in [-0.3, -0.25) is 0 Å². The molecular weight excluding hydrogens is 373 g/mol. The Labute approximate surface area is 186 Å². The summed E-state index contributed by atoms with van der Waals surface area (Å²) < 4.78 is 7.57. The van der Waals surface area contributed by atoms with E-state index in [9.17, 15) is 0 Å². The topological polar surface area (TPSA) is 9.72 Å². The quantitative estimate of drug-likeness (QED) is 0.143. The van der Waals surface area contributed by atoms with Gasteiger partial charge in [0, 0.05) is 41.8 Å². The van der Waals surface area contributed by atoms with Crippen LogP contribution in [0.3, 0.4) is 0 Å². The maximum atomic E-state index is 2.67. The normalized spacial score (nSPS) is 13.8. The first-order valence-electron chi connectivity index (χ1n) is 12.7. The fourth-order valence-electron chi connectivity index (χ4n) is 4.41. The molecule has 4 heteroatoms. The third-order valence-electron chi connectivity index (χ3n) is 6.87. The highest BCUT2D eigenvalue weighted by Crippen LogP contribution is 2.61. The third-order valence-corrected chi connectivity index (χ3v) is 11.4. The van der Waals surface area contributed by atoms with Gasteiger partial charge in [0.1, 0.15) is 0 Å². The van der Waals surface area contributed by atoms with Crippen LogP contribution in [0, 0.1) is 5.92 Å². The van der Waals surface area contributed by atoms with Crippen LogP contribution in [0.25, 0.3) is 0 Å². The van der Waals surface area contributed by atoms with E-state index in [1.165, 1.54) is 103 Å². The standard InChI is InChI=1S/C25H57N3P/c1-9-11-13-14-15-16-17-18-19-20-21-23-25(22-12-10-2)24-28(7)29(8,26(3)4)27(5)6/h25H,9-24H2,1-8H3/q+1. The van der Waals surface area contributed by atoms with Crippen molar-refractivity contribution in [2.45, 2.75) is 110 Å². The zero-order valence-corrected chi connectivity index (χ0v) is 22.6. The Bertz CT molecular complexity index is 352. The van der Waals surface area contributed by atoms with Gasteiger partial charge < -0.3 is 0 Å². The zero-order valence-electron chi connectivity index (χ0n) is 21.7. The lowest BCUT2D eigenvalue weighted by atomic mass is 9.95. The third kappa shape index (κ3) is 12.7. The first-order chi connectivity index (χ1) is 13.8. The van der Waals surface area contributed by atoms with E-state index >= 15 is 0 Å². The molecule has 176 valence electrons. The van der Waals surface area contributed by atoms with Crippen molar-refractivity contribution >= 4 is 7.71 Å². The number of hydrogen-bond acceptors (Lipinski definition) is 3. The molecule has 0 aromatic carbocycles. The van der Waals surface area contributed by atoms with Crippen molar-refractivity contribution in [2.75, 3.05) is 48.4 Å². The smallest absolute Gasteiger partial charge is 0.155 e. The average molecular weight is 431 g/mol. The molecular formula is C25H57N3P+. The molecule has 0 aliphatic carbocycles. The molecule has 0 saturated heterocycles.